The van der Waals surface area contributed by atoms with E-state index in [0.717, 1.165) is 15.7 Å². The van der Waals surface area contributed by atoms with Crippen LogP contribution in [-0.2, 0) is 6.54 Å². The van der Waals surface area contributed by atoms with E-state index >= 15 is 0 Å². The summed E-state index contributed by atoms with van der Waals surface area (Å²) < 4.78 is 0.987. The fourth-order valence-electron chi connectivity index (χ4n) is 2.49. The fourth-order valence-corrected chi connectivity index (χ4v) is 2.89. The highest BCUT2D eigenvalue weighted by Crippen LogP contribution is 2.23. The van der Waals surface area contributed by atoms with Gasteiger partial charge in [-0.05, 0) is 23.8 Å². The molecule has 2 aromatic carbocycles. The first-order chi connectivity index (χ1) is 12.3. The average Bonchev–Trinajstić information content (AvgIpc) is 3.09. The Morgan fingerprint density at radius 3 is 2.72 bits per heavy atom. The number of imidazole rings is 1. The van der Waals surface area contributed by atoms with E-state index in [1.54, 1.807) is 6.33 Å². The van der Waals surface area contributed by atoms with Crippen molar-refractivity contribution in [3.8, 4) is 0 Å². The molecule has 4 rings (SSSR count). The van der Waals surface area contributed by atoms with Crippen molar-refractivity contribution >= 4 is 44.5 Å². The number of benzene rings is 2. The molecular weight excluding hydrogens is 380 g/mol. The molecule has 0 aliphatic carbocycles. The van der Waals surface area contributed by atoms with Crippen molar-refractivity contribution in [3.05, 3.63) is 71.0 Å². The molecule has 0 spiro atoms. The molecule has 2 heterocycles. The molecule has 4 aromatic rings. The Hall–Kier alpha value is -2.93. The van der Waals surface area contributed by atoms with Crippen molar-refractivity contribution in [2.75, 3.05) is 10.6 Å². The third-order valence-corrected chi connectivity index (χ3v) is 4.16. The van der Waals surface area contributed by atoms with Gasteiger partial charge < -0.3 is 15.6 Å². The molecule has 124 valence electrons. The van der Waals surface area contributed by atoms with Crippen molar-refractivity contribution in [1.29, 1.82) is 0 Å². The zero-order valence-corrected chi connectivity index (χ0v) is 14.8. The highest BCUT2D eigenvalue weighted by Gasteiger charge is 2.10. The standard InChI is InChI=1S/C18H15BrN6/c19-13-7-4-8-14(9-13)23-18-24-16(15-17(25-18)22-11-21-15)20-10-12-5-2-1-3-6-12/h1-9,11H,10H2,(H3,20,21,22,23,24,25). The summed E-state index contributed by atoms with van der Waals surface area (Å²) in [5.41, 5.74) is 3.48. The lowest BCUT2D eigenvalue weighted by Crippen LogP contribution is -2.05. The van der Waals surface area contributed by atoms with Crippen LogP contribution >= 0.6 is 15.9 Å². The highest BCUT2D eigenvalue weighted by atomic mass is 79.9. The number of halogens is 1. The SMILES string of the molecule is Brc1cccc(Nc2nc(NCc3ccccc3)c3[nH]cnc3n2)c1. The van der Waals surface area contributed by atoms with Crippen LogP contribution in [-0.4, -0.2) is 19.9 Å². The lowest BCUT2D eigenvalue weighted by molar-refractivity contribution is 1.10. The molecule has 0 bridgehead atoms. The molecule has 0 amide bonds. The second-order valence-electron chi connectivity index (χ2n) is 5.47. The molecule has 0 saturated carbocycles. The predicted molar refractivity (Wildman–Crippen MR) is 103 cm³/mol. The molecule has 0 unspecified atom stereocenters. The number of rotatable bonds is 5. The first kappa shape index (κ1) is 15.6. The number of H-pyrrole nitrogens is 1. The largest absolute Gasteiger partial charge is 0.364 e. The van der Waals surface area contributed by atoms with Gasteiger partial charge in [-0.3, -0.25) is 0 Å². The molecule has 2 aromatic heterocycles. The van der Waals surface area contributed by atoms with Gasteiger partial charge in [-0.2, -0.15) is 9.97 Å². The Kier molecular flexibility index (Phi) is 4.30. The van der Waals surface area contributed by atoms with Gasteiger partial charge in [0.1, 0.15) is 5.52 Å². The van der Waals surface area contributed by atoms with Crippen molar-refractivity contribution in [2.24, 2.45) is 0 Å². The summed E-state index contributed by atoms with van der Waals surface area (Å²) in [4.78, 5) is 16.4. The zero-order valence-electron chi connectivity index (χ0n) is 13.2. The van der Waals surface area contributed by atoms with Crippen LogP contribution in [0.2, 0.25) is 0 Å². The first-order valence-electron chi connectivity index (χ1n) is 7.79. The normalized spacial score (nSPS) is 10.8. The minimum atomic E-state index is 0.494. The van der Waals surface area contributed by atoms with Crippen molar-refractivity contribution < 1.29 is 0 Å². The quantitative estimate of drug-likeness (QED) is 0.465. The summed E-state index contributed by atoms with van der Waals surface area (Å²) in [5, 5.41) is 6.58. The summed E-state index contributed by atoms with van der Waals surface area (Å²) >= 11 is 3.46. The van der Waals surface area contributed by atoms with Crippen LogP contribution < -0.4 is 10.6 Å². The Morgan fingerprint density at radius 2 is 1.88 bits per heavy atom. The molecule has 0 aliphatic heterocycles. The third-order valence-electron chi connectivity index (χ3n) is 3.67. The maximum absolute atomic E-state index is 4.59. The number of nitrogens with zero attached hydrogens (tertiary/aromatic N) is 3. The molecule has 3 N–H and O–H groups in total. The lowest BCUT2D eigenvalue weighted by atomic mass is 10.2. The van der Waals surface area contributed by atoms with E-state index in [9.17, 15) is 0 Å². The zero-order chi connectivity index (χ0) is 17.1. The van der Waals surface area contributed by atoms with Gasteiger partial charge in [0.05, 0.1) is 6.33 Å². The molecule has 6 nitrogen and oxygen atoms in total. The van der Waals surface area contributed by atoms with E-state index in [0.29, 0.717) is 24.0 Å². The Labute approximate surface area is 152 Å². The van der Waals surface area contributed by atoms with Crippen LogP contribution in [0, 0.1) is 0 Å². The van der Waals surface area contributed by atoms with E-state index in [2.05, 4.69) is 58.6 Å². The summed E-state index contributed by atoms with van der Waals surface area (Å²) in [6, 6.07) is 18.0. The maximum Gasteiger partial charge on any atom is 0.231 e. The van der Waals surface area contributed by atoms with Crippen molar-refractivity contribution in [3.63, 3.8) is 0 Å². The average molecular weight is 395 g/mol. The number of hydrogen-bond acceptors (Lipinski definition) is 5. The van der Waals surface area contributed by atoms with Gasteiger partial charge in [-0.25, -0.2) is 4.98 Å². The van der Waals surface area contributed by atoms with E-state index < -0.39 is 0 Å². The van der Waals surface area contributed by atoms with Gasteiger partial charge in [-0.1, -0.05) is 52.3 Å². The number of aromatic amines is 1. The maximum atomic E-state index is 4.59. The van der Waals surface area contributed by atoms with E-state index in [4.69, 9.17) is 0 Å². The van der Waals surface area contributed by atoms with Gasteiger partial charge in [0.15, 0.2) is 11.5 Å². The van der Waals surface area contributed by atoms with E-state index in [1.165, 1.54) is 5.56 Å². The Morgan fingerprint density at radius 1 is 1.00 bits per heavy atom. The highest BCUT2D eigenvalue weighted by molar-refractivity contribution is 9.10. The van der Waals surface area contributed by atoms with Crippen LogP contribution in [0.1, 0.15) is 5.56 Å². The number of hydrogen-bond donors (Lipinski definition) is 3. The van der Waals surface area contributed by atoms with Crippen LogP contribution in [0.5, 0.6) is 0 Å². The second-order valence-corrected chi connectivity index (χ2v) is 6.39. The Bertz CT molecular complexity index is 999. The molecule has 0 aliphatic rings. The third kappa shape index (κ3) is 3.61. The van der Waals surface area contributed by atoms with Crippen LogP contribution in [0.4, 0.5) is 17.5 Å². The van der Waals surface area contributed by atoms with Gasteiger partial charge in [0.2, 0.25) is 5.95 Å². The van der Waals surface area contributed by atoms with Crippen LogP contribution in [0.15, 0.2) is 65.4 Å². The van der Waals surface area contributed by atoms with Crippen LogP contribution in [0.3, 0.4) is 0 Å². The second kappa shape index (κ2) is 6.90. The fraction of sp³-hybridized carbons (Fsp3) is 0.0556. The monoisotopic (exact) mass is 394 g/mol. The smallest absolute Gasteiger partial charge is 0.231 e. The van der Waals surface area contributed by atoms with Gasteiger partial charge in [0, 0.05) is 16.7 Å². The predicted octanol–water partition coefficient (Wildman–Crippen LogP) is 4.47. The Balaban J connectivity index is 1.62. The summed E-state index contributed by atoms with van der Waals surface area (Å²) in [6.45, 7) is 0.669. The molecule has 0 fully saturated rings. The molecule has 25 heavy (non-hydrogen) atoms. The topological polar surface area (TPSA) is 78.5 Å². The number of fused-ring (bicyclic) bond motifs is 1. The number of anilines is 3. The van der Waals surface area contributed by atoms with Crippen molar-refractivity contribution in [2.45, 2.75) is 6.54 Å². The minimum absolute atomic E-state index is 0.494. The van der Waals surface area contributed by atoms with E-state index in [1.807, 2.05) is 42.5 Å². The minimum Gasteiger partial charge on any atom is -0.364 e. The molecule has 7 heteroatoms. The van der Waals surface area contributed by atoms with E-state index in [-0.39, 0.29) is 0 Å². The molecule has 0 atom stereocenters. The lowest BCUT2D eigenvalue weighted by Gasteiger charge is -2.10. The van der Waals surface area contributed by atoms with Gasteiger partial charge in [-0.15, -0.1) is 0 Å². The van der Waals surface area contributed by atoms with Crippen LogP contribution in [0.25, 0.3) is 11.2 Å². The van der Waals surface area contributed by atoms with Gasteiger partial charge in [0.25, 0.3) is 0 Å². The molecule has 0 radical (unpaired) electrons. The molecule has 0 saturated heterocycles. The summed E-state index contributed by atoms with van der Waals surface area (Å²) in [6.07, 6.45) is 1.62. The number of aromatic nitrogens is 4. The molecular formula is C18H15BrN6. The van der Waals surface area contributed by atoms with Gasteiger partial charge >= 0.3 is 0 Å². The summed E-state index contributed by atoms with van der Waals surface area (Å²) in [5.74, 6) is 1.21. The first-order valence-corrected chi connectivity index (χ1v) is 8.59. The summed E-state index contributed by atoms with van der Waals surface area (Å²) in [7, 11) is 0. The number of nitrogens with one attached hydrogen (secondary N) is 3. The van der Waals surface area contributed by atoms with Crippen molar-refractivity contribution in [1.82, 2.24) is 19.9 Å².